The molecule has 1 amide bonds. The second-order valence-electron chi connectivity index (χ2n) is 4.51. The molecule has 0 aromatic carbocycles. The Balaban J connectivity index is 1.62. The maximum absolute atomic E-state index is 12.3. The summed E-state index contributed by atoms with van der Waals surface area (Å²) in [5, 5.41) is 0.939. The van der Waals surface area contributed by atoms with Crippen LogP contribution in [0.3, 0.4) is 0 Å². The van der Waals surface area contributed by atoms with E-state index in [0.29, 0.717) is 22.3 Å². The van der Waals surface area contributed by atoms with Gasteiger partial charge in [0, 0.05) is 37.7 Å². The van der Waals surface area contributed by atoms with Gasteiger partial charge >= 0.3 is 0 Å². The lowest BCUT2D eigenvalue weighted by atomic mass is 10.3. The Morgan fingerprint density at radius 3 is 2.60 bits per heavy atom. The van der Waals surface area contributed by atoms with Crippen molar-refractivity contribution in [2.24, 2.45) is 0 Å². The summed E-state index contributed by atoms with van der Waals surface area (Å²) < 4.78 is 4.84. The van der Waals surface area contributed by atoms with E-state index >= 15 is 0 Å². The van der Waals surface area contributed by atoms with Gasteiger partial charge in [0.25, 0.3) is 5.91 Å². The fourth-order valence-corrected chi connectivity index (χ4v) is 3.84. The van der Waals surface area contributed by atoms with Crippen molar-refractivity contribution in [1.29, 1.82) is 0 Å². The molecule has 3 heterocycles. The largest absolute Gasteiger partial charge is 0.343 e. The minimum Gasteiger partial charge on any atom is -0.343 e. The molecular weight excluding hydrogens is 316 g/mol. The molecular formula is C12H13ClN4OS2. The van der Waals surface area contributed by atoms with Crippen LogP contribution in [-0.2, 0) is 0 Å². The molecule has 1 fully saturated rings. The highest BCUT2D eigenvalue weighted by Gasteiger charge is 2.24. The number of anilines is 1. The lowest BCUT2D eigenvalue weighted by Crippen LogP contribution is -2.48. The molecule has 0 aliphatic carbocycles. The molecule has 2 aromatic rings. The first-order chi connectivity index (χ1) is 9.63. The summed E-state index contributed by atoms with van der Waals surface area (Å²) >= 11 is 8.62. The van der Waals surface area contributed by atoms with Crippen LogP contribution in [0.1, 0.15) is 15.5 Å². The van der Waals surface area contributed by atoms with Gasteiger partial charge in [-0.3, -0.25) is 4.79 Å². The number of hydrogen-bond acceptors (Lipinski definition) is 6. The molecule has 0 N–H and O–H groups in total. The Hall–Kier alpha value is -1.18. The van der Waals surface area contributed by atoms with Crippen LogP contribution in [-0.4, -0.2) is 46.3 Å². The molecule has 106 valence electrons. The Labute approximate surface area is 130 Å². The van der Waals surface area contributed by atoms with Gasteiger partial charge in [-0.05, 0) is 19.1 Å². The van der Waals surface area contributed by atoms with E-state index in [2.05, 4.69) is 14.3 Å². The quantitative estimate of drug-likeness (QED) is 0.850. The summed E-state index contributed by atoms with van der Waals surface area (Å²) in [6.45, 7) is 4.87. The highest BCUT2D eigenvalue weighted by molar-refractivity contribution is 7.18. The lowest BCUT2D eigenvalue weighted by molar-refractivity contribution is 0.0751. The number of thiophene rings is 1. The number of carbonyl (C=O) groups excluding carboxylic acids is 1. The molecule has 0 unspecified atom stereocenters. The van der Waals surface area contributed by atoms with Gasteiger partial charge in [-0.1, -0.05) is 11.6 Å². The first-order valence-corrected chi connectivity index (χ1v) is 8.20. The summed E-state index contributed by atoms with van der Waals surface area (Å²) in [4.78, 5) is 21.4. The second-order valence-corrected chi connectivity index (χ2v) is 6.95. The summed E-state index contributed by atoms with van der Waals surface area (Å²) in [5.41, 5.74) is 0. The van der Waals surface area contributed by atoms with Crippen molar-refractivity contribution in [2.45, 2.75) is 6.92 Å². The van der Waals surface area contributed by atoms with Crippen LogP contribution in [0.25, 0.3) is 0 Å². The van der Waals surface area contributed by atoms with Crippen LogP contribution >= 0.6 is 34.5 Å². The minimum absolute atomic E-state index is 0.0648. The van der Waals surface area contributed by atoms with Crippen molar-refractivity contribution in [1.82, 2.24) is 14.3 Å². The van der Waals surface area contributed by atoms with E-state index in [4.69, 9.17) is 11.6 Å². The number of halogens is 1. The molecule has 0 spiro atoms. The molecule has 20 heavy (non-hydrogen) atoms. The average molecular weight is 329 g/mol. The average Bonchev–Trinajstić information content (AvgIpc) is 3.07. The van der Waals surface area contributed by atoms with Gasteiger partial charge in [-0.25, -0.2) is 4.98 Å². The predicted molar refractivity (Wildman–Crippen MR) is 82.1 cm³/mol. The van der Waals surface area contributed by atoms with Gasteiger partial charge in [-0.15, -0.1) is 11.3 Å². The standard InChI is InChI=1S/C12H13ClN4OS2/c1-8-14-12(20-15-8)17-6-4-16(5-7-17)11(18)9-2-3-10(13)19-9/h2-3H,4-7H2,1H3. The molecule has 0 bridgehead atoms. The first-order valence-electron chi connectivity index (χ1n) is 6.23. The monoisotopic (exact) mass is 328 g/mol. The fourth-order valence-electron chi connectivity index (χ4n) is 2.10. The van der Waals surface area contributed by atoms with E-state index in [0.717, 1.165) is 24.0 Å². The first kappa shape index (κ1) is 13.8. The van der Waals surface area contributed by atoms with E-state index < -0.39 is 0 Å². The maximum atomic E-state index is 12.3. The minimum atomic E-state index is 0.0648. The highest BCUT2D eigenvalue weighted by Crippen LogP contribution is 2.24. The Bertz CT molecular complexity index is 619. The van der Waals surface area contributed by atoms with Gasteiger partial charge in [0.2, 0.25) is 5.13 Å². The molecule has 8 heteroatoms. The summed E-state index contributed by atoms with van der Waals surface area (Å²) in [5.74, 6) is 0.867. The van der Waals surface area contributed by atoms with Crippen LogP contribution in [0.5, 0.6) is 0 Å². The molecule has 3 rings (SSSR count). The Morgan fingerprint density at radius 1 is 1.30 bits per heavy atom. The zero-order valence-corrected chi connectivity index (χ0v) is 13.3. The van der Waals surface area contributed by atoms with Crippen molar-refractivity contribution in [3.05, 3.63) is 27.2 Å². The molecule has 0 saturated carbocycles. The highest BCUT2D eigenvalue weighted by atomic mass is 35.5. The van der Waals surface area contributed by atoms with Crippen LogP contribution in [0.2, 0.25) is 4.34 Å². The third-order valence-corrected chi connectivity index (χ3v) is 5.23. The molecule has 0 radical (unpaired) electrons. The third-order valence-electron chi connectivity index (χ3n) is 3.14. The predicted octanol–water partition coefficient (Wildman–Crippen LogP) is 2.52. The van der Waals surface area contributed by atoms with Gasteiger partial charge in [0.15, 0.2) is 0 Å². The van der Waals surface area contributed by atoms with E-state index in [1.807, 2.05) is 11.8 Å². The number of rotatable bonds is 2. The van der Waals surface area contributed by atoms with Crippen molar-refractivity contribution >= 4 is 45.5 Å². The summed E-state index contributed by atoms with van der Waals surface area (Å²) in [6, 6.07) is 3.55. The van der Waals surface area contributed by atoms with E-state index in [9.17, 15) is 4.79 Å². The van der Waals surface area contributed by atoms with Gasteiger partial charge in [0.05, 0.1) is 9.21 Å². The molecule has 1 aliphatic rings. The van der Waals surface area contributed by atoms with E-state index in [-0.39, 0.29) is 5.91 Å². The van der Waals surface area contributed by atoms with Crippen LogP contribution in [0.4, 0.5) is 5.13 Å². The van der Waals surface area contributed by atoms with Crippen molar-refractivity contribution in [2.75, 3.05) is 31.1 Å². The number of aromatic nitrogens is 2. The zero-order valence-electron chi connectivity index (χ0n) is 10.9. The fraction of sp³-hybridized carbons (Fsp3) is 0.417. The van der Waals surface area contributed by atoms with E-state index in [1.54, 1.807) is 12.1 Å². The molecule has 0 atom stereocenters. The number of amides is 1. The SMILES string of the molecule is Cc1nsc(N2CCN(C(=O)c3ccc(Cl)s3)CC2)n1. The second kappa shape index (κ2) is 5.67. The normalized spacial score (nSPS) is 15.7. The van der Waals surface area contributed by atoms with E-state index in [1.165, 1.54) is 22.9 Å². The molecule has 1 saturated heterocycles. The Morgan fingerprint density at radius 2 is 2.05 bits per heavy atom. The summed E-state index contributed by atoms with van der Waals surface area (Å²) in [6.07, 6.45) is 0. The van der Waals surface area contributed by atoms with Crippen LogP contribution in [0.15, 0.2) is 12.1 Å². The third kappa shape index (κ3) is 2.79. The zero-order chi connectivity index (χ0) is 14.1. The van der Waals surface area contributed by atoms with Crippen molar-refractivity contribution in [3.63, 3.8) is 0 Å². The maximum Gasteiger partial charge on any atom is 0.264 e. The van der Waals surface area contributed by atoms with Crippen molar-refractivity contribution in [3.8, 4) is 0 Å². The number of aryl methyl sites for hydroxylation is 1. The summed E-state index contributed by atoms with van der Waals surface area (Å²) in [7, 11) is 0. The van der Waals surface area contributed by atoms with Gasteiger partial charge < -0.3 is 9.80 Å². The Kier molecular flexibility index (Phi) is 3.91. The number of piperazine rings is 1. The number of carbonyl (C=O) groups is 1. The van der Waals surface area contributed by atoms with Crippen LogP contribution < -0.4 is 4.90 Å². The smallest absolute Gasteiger partial charge is 0.264 e. The van der Waals surface area contributed by atoms with Gasteiger partial charge in [0.1, 0.15) is 5.82 Å². The number of nitrogens with zero attached hydrogens (tertiary/aromatic N) is 4. The van der Waals surface area contributed by atoms with Gasteiger partial charge in [-0.2, -0.15) is 4.37 Å². The molecule has 1 aliphatic heterocycles. The topological polar surface area (TPSA) is 49.3 Å². The molecule has 2 aromatic heterocycles. The lowest BCUT2D eigenvalue weighted by Gasteiger charge is -2.34. The number of hydrogen-bond donors (Lipinski definition) is 0. The van der Waals surface area contributed by atoms with Crippen molar-refractivity contribution < 1.29 is 4.79 Å². The van der Waals surface area contributed by atoms with Crippen LogP contribution in [0, 0.1) is 6.92 Å². The molecule has 5 nitrogen and oxygen atoms in total.